The Morgan fingerprint density at radius 2 is 1.83 bits per heavy atom. The van der Waals surface area contributed by atoms with Gasteiger partial charge in [0.25, 0.3) is 5.56 Å². The first-order valence-corrected chi connectivity index (χ1v) is 12.1. The Labute approximate surface area is 205 Å². The number of thiazole rings is 1. The second-order valence-electron chi connectivity index (χ2n) is 9.52. The molecule has 5 rings (SSSR count). The zero-order chi connectivity index (χ0) is 24.9. The van der Waals surface area contributed by atoms with Crippen molar-refractivity contribution in [2.75, 3.05) is 14.2 Å². The van der Waals surface area contributed by atoms with Crippen LogP contribution in [0, 0.1) is 11.2 Å². The summed E-state index contributed by atoms with van der Waals surface area (Å²) < 4.78 is 26.7. The Bertz CT molecular complexity index is 1550. The number of ether oxygens (including phenoxy) is 2. The number of hydrogen-bond acceptors (Lipinski definition) is 6. The molecular weight excluding hydrogens is 467 g/mol. The maximum absolute atomic E-state index is 13.7. The van der Waals surface area contributed by atoms with Crippen molar-refractivity contribution in [2.45, 2.75) is 32.7 Å². The number of carbonyl (C=O) groups is 1. The number of hydrogen-bond donors (Lipinski definition) is 0. The SMILES string of the molecule is COc1cccc(/C=c2/sc3n(c2=O)C(c2ccc(F)cc2)C2=C(CC(C)(C)CC2=O)N=3)c1OC. The van der Waals surface area contributed by atoms with Crippen LogP contribution in [-0.4, -0.2) is 24.6 Å². The van der Waals surface area contributed by atoms with E-state index in [-0.39, 0.29) is 22.6 Å². The van der Waals surface area contributed by atoms with Gasteiger partial charge in [0.05, 0.1) is 30.5 Å². The molecule has 0 radical (unpaired) electrons. The summed E-state index contributed by atoms with van der Waals surface area (Å²) in [6, 6.07) is 10.8. The van der Waals surface area contributed by atoms with Crippen molar-refractivity contribution in [3.63, 3.8) is 0 Å². The number of rotatable bonds is 4. The second-order valence-corrected chi connectivity index (χ2v) is 10.5. The van der Waals surface area contributed by atoms with Crippen LogP contribution in [0.5, 0.6) is 11.5 Å². The molecule has 3 aromatic rings. The molecule has 1 aromatic heterocycles. The lowest BCUT2D eigenvalue weighted by molar-refractivity contribution is -0.118. The minimum absolute atomic E-state index is 0.0296. The molecule has 2 heterocycles. The van der Waals surface area contributed by atoms with E-state index < -0.39 is 6.04 Å². The van der Waals surface area contributed by atoms with Crippen LogP contribution in [0.25, 0.3) is 6.08 Å². The Morgan fingerprint density at radius 3 is 2.51 bits per heavy atom. The molecule has 1 unspecified atom stereocenters. The van der Waals surface area contributed by atoms with E-state index in [1.54, 1.807) is 43.1 Å². The zero-order valence-corrected chi connectivity index (χ0v) is 20.7. The van der Waals surface area contributed by atoms with Gasteiger partial charge in [-0.3, -0.25) is 14.2 Å². The first kappa shape index (κ1) is 23.2. The van der Waals surface area contributed by atoms with Crippen LogP contribution in [0.2, 0.25) is 0 Å². The van der Waals surface area contributed by atoms with E-state index in [1.807, 2.05) is 26.0 Å². The number of fused-ring (bicyclic) bond motifs is 1. The van der Waals surface area contributed by atoms with Crippen LogP contribution >= 0.6 is 11.3 Å². The maximum Gasteiger partial charge on any atom is 0.271 e. The maximum atomic E-state index is 13.7. The lowest BCUT2D eigenvalue weighted by atomic mass is 9.73. The first-order valence-electron chi connectivity index (χ1n) is 11.3. The van der Waals surface area contributed by atoms with Crippen LogP contribution in [0.3, 0.4) is 0 Å². The number of Topliss-reactive ketones (excluding diaryl/α,β-unsaturated/α-hetero) is 1. The van der Waals surface area contributed by atoms with Crippen LogP contribution < -0.4 is 24.4 Å². The van der Waals surface area contributed by atoms with Gasteiger partial charge in [0.1, 0.15) is 5.82 Å². The number of methoxy groups -OCH3 is 2. The summed E-state index contributed by atoms with van der Waals surface area (Å²) in [6.45, 7) is 4.09. The lowest BCUT2D eigenvalue weighted by Gasteiger charge is -2.35. The van der Waals surface area contributed by atoms with Crippen LogP contribution in [0.4, 0.5) is 4.39 Å². The van der Waals surface area contributed by atoms with Gasteiger partial charge in [-0.15, -0.1) is 0 Å². The molecule has 8 heteroatoms. The highest BCUT2D eigenvalue weighted by Gasteiger charge is 2.40. The molecule has 2 aromatic carbocycles. The first-order chi connectivity index (χ1) is 16.7. The highest BCUT2D eigenvalue weighted by molar-refractivity contribution is 7.07. The molecule has 6 nitrogen and oxygen atoms in total. The number of halogens is 1. The van der Waals surface area contributed by atoms with E-state index in [0.29, 0.717) is 56.1 Å². The van der Waals surface area contributed by atoms with Gasteiger partial charge in [0, 0.05) is 17.6 Å². The van der Waals surface area contributed by atoms with Crippen molar-refractivity contribution in [3.8, 4) is 11.5 Å². The predicted molar refractivity (Wildman–Crippen MR) is 132 cm³/mol. The molecule has 0 spiro atoms. The monoisotopic (exact) mass is 492 g/mol. The number of para-hydroxylation sites is 1. The number of allylic oxidation sites excluding steroid dienone is 2. The summed E-state index contributed by atoms with van der Waals surface area (Å²) in [7, 11) is 3.11. The van der Waals surface area contributed by atoms with Gasteiger partial charge in [0.2, 0.25) is 0 Å². The molecular formula is C27H25FN2O4S. The summed E-state index contributed by atoms with van der Waals surface area (Å²) >= 11 is 1.26. The van der Waals surface area contributed by atoms with Crippen molar-refractivity contribution in [3.05, 3.63) is 90.4 Å². The fourth-order valence-electron chi connectivity index (χ4n) is 4.88. The molecule has 2 aliphatic rings. The highest BCUT2D eigenvalue weighted by atomic mass is 32.1. The predicted octanol–water partition coefficient (Wildman–Crippen LogP) is 3.76. The van der Waals surface area contributed by atoms with Crippen LogP contribution in [-0.2, 0) is 4.79 Å². The average molecular weight is 493 g/mol. The molecule has 0 saturated carbocycles. The van der Waals surface area contributed by atoms with Gasteiger partial charge in [-0.25, -0.2) is 9.38 Å². The minimum Gasteiger partial charge on any atom is -0.493 e. The molecule has 1 atom stereocenters. The second kappa shape index (κ2) is 8.61. The molecule has 0 fully saturated rings. The Hall–Kier alpha value is -3.52. The molecule has 180 valence electrons. The van der Waals surface area contributed by atoms with E-state index in [1.165, 1.54) is 23.5 Å². The molecule has 35 heavy (non-hydrogen) atoms. The molecule has 1 aliphatic carbocycles. The van der Waals surface area contributed by atoms with Gasteiger partial charge in [-0.2, -0.15) is 0 Å². The summed E-state index contributed by atoms with van der Waals surface area (Å²) in [5.74, 6) is 0.670. The van der Waals surface area contributed by atoms with E-state index in [9.17, 15) is 14.0 Å². The van der Waals surface area contributed by atoms with Gasteiger partial charge in [-0.05, 0) is 41.7 Å². The van der Waals surface area contributed by atoms with Crippen molar-refractivity contribution in [2.24, 2.45) is 10.4 Å². The van der Waals surface area contributed by atoms with Gasteiger partial charge in [-0.1, -0.05) is 49.4 Å². The number of ketones is 1. The molecule has 1 aliphatic heterocycles. The molecule has 0 bridgehead atoms. The summed E-state index contributed by atoms with van der Waals surface area (Å²) in [5.41, 5.74) is 2.10. The topological polar surface area (TPSA) is 69.9 Å². The Balaban J connectivity index is 1.77. The van der Waals surface area contributed by atoms with E-state index >= 15 is 0 Å². The van der Waals surface area contributed by atoms with Gasteiger partial charge >= 0.3 is 0 Å². The number of aromatic nitrogens is 1. The van der Waals surface area contributed by atoms with Crippen molar-refractivity contribution in [1.29, 1.82) is 0 Å². The standard InChI is InChI=1S/C27H25FN2O4S/c1-27(2)13-18-22(19(31)14-27)23(15-8-10-17(28)11-9-15)30-25(32)21(35-26(30)29-18)12-16-6-5-7-20(33-3)24(16)34-4/h5-12,23H,13-14H2,1-4H3/b21-12+. The Kier molecular flexibility index (Phi) is 5.71. The normalized spacial score (nSPS) is 19.2. The van der Waals surface area contributed by atoms with Gasteiger partial charge in [0.15, 0.2) is 22.1 Å². The lowest BCUT2D eigenvalue weighted by Crippen LogP contribution is -2.42. The number of benzene rings is 2. The van der Waals surface area contributed by atoms with Crippen LogP contribution in [0.15, 0.2) is 63.5 Å². The van der Waals surface area contributed by atoms with Crippen molar-refractivity contribution < 1.29 is 18.7 Å². The smallest absolute Gasteiger partial charge is 0.271 e. The van der Waals surface area contributed by atoms with Crippen molar-refractivity contribution >= 4 is 23.2 Å². The number of carbonyl (C=O) groups excluding carboxylic acids is 1. The summed E-state index contributed by atoms with van der Waals surface area (Å²) in [5, 5.41) is 0. The summed E-state index contributed by atoms with van der Waals surface area (Å²) in [6.07, 6.45) is 2.75. The third-order valence-electron chi connectivity index (χ3n) is 6.40. The zero-order valence-electron chi connectivity index (χ0n) is 19.9. The van der Waals surface area contributed by atoms with E-state index in [4.69, 9.17) is 14.5 Å². The average Bonchev–Trinajstić information content (AvgIpc) is 3.11. The molecule has 0 saturated heterocycles. The fourth-order valence-corrected chi connectivity index (χ4v) is 5.89. The van der Waals surface area contributed by atoms with Crippen LogP contribution in [0.1, 0.15) is 43.9 Å². The van der Waals surface area contributed by atoms with E-state index in [2.05, 4.69) is 0 Å². The molecule has 0 N–H and O–H groups in total. The quantitative estimate of drug-likeness (QED) is 0.556. The van der Waals surface area contributed by atoms with Crippen molar-refractivity contribution in [1.82, 2.24) is 4.57 Å². The van der Waals surface area contributed by atoms with E-state index in [0.717, 1.165) is 0 Å². The minimum atomic E-state index is -0.653. The Morgan fingerprint density at radius 1 is 1.09 bits per heavy atom. The third-order valence-corrected chi connectivity index (χ3v) is 7.38. The van der Waals surface area contributed by atoms with Gasteiger partial charge < -0.3 is 9.47 Å². The largest absolute Gasteiger partial charge is 0.493 e. The fraction of sp³-hybridized carbons (Fsp3) is 0.296. The molecule has 0 amide bonds. The highest BCUT2D eigenvalue weighted by Crippen LogP contribution is 2.43. The number of nitrogens with zero attached hydrogens (tertiary/aromatic N) is 2. The third kappa shape index (κ3) is 4.01. The summed E-state index contributed by atoms with van der Waals surface area (Å²) in [4.78, 5) is 32.4.